The molecule has 2 N–H and O–H groups in total. The number of carbonyl (C=O) groups excluding carboxylic acids is 1. The highest BCUT2D eigenvalue weighted by atomic mass is 32.1. The molecule has 0 spiro atoms. The van der Waals surface area contributed by atoms with Crippen LogP contribution >= 0.6 is 12.6 Å². The summed E-state index contributed by atoms with van der Waals surface area (Å²) in [6.45, 7) is 2.62. The molecule has 0 aliphatic rings. The van der Waals surface area contributed by atoms with Crippen molar-refractivity contribution in [3.8, 4) is 0 Å². The third kappa shape index (κ3) is 10.8. The SMILES string of the molecule is COCCOCCOCCOC(=O)C(N)CCS. The van der Waals surface area contributed by atoms with E-state index in [-0.39, 0.29) is 6.61 Å². The van der Waals surface area contributed by atoms with E-state index < -0.39 is 12.0 Å². The number of esters is 1. The zero-order chi connectivity index (χ0) is 13.6. The fourth-order valence-electron chi connectivity index (χ4n) is 1.03. The summed E-state index contributed by atoms with van der Waals surface area (Å²) < 4.78 is 20.1. The zero-order valence-corrected chi connectivity index (χ0v) is 11.7. The number of hydrogen-bond donors (Lipinski definition) is 2. The second-order valence-corrected chi connectivity index (χ2v) is 3.95. The molecule has 1 atom stereocenters. The number of nitrogens with two attached hydrogens (primary N) is 1. The summed E-state index contributed by atoms with van der Waals surface area (Å²) in [6.07, 6.45) is 0.510. The van der Waals surface area contributed by atoms with Crippen molar-refractivity contribution in [2.45, 2.75) is 12.5 Å². The minimum absolute atomic E-state index is 0.206. The summed E-state index contributed by atoms with van der Waals surface area (Å²) in [5.41, 5.74) is 5.54. The standard InChI is InChI=1S/C11H23NO5S/c1-14-3-4-15-5-6-16-7-8-17-11(13)10(12)2-9-18/h10,18H,2-9,12H2,1H3. The fraction of sp³-hybridized carbons (Fsp3) is 0.909. The van der Waals surface area contributed by atoms with E-state index in [0.717, 1.165) is 0 Å². The van der Waals surface area contributed by atoms with Crippen LogP contribution in [0.15, 0.2) is 0 Å². The van der Waals surface area contributed by atoms with E-state index in [0.29, 0.717) is 45.2 Å². The molecule has 0 aromatic rings. The molecule has 1 unspecified atom stereocenters. The largest absolute Gasteiger partial charge is 0.462 e. The van der Waals surface area contributed by atoms with Crippen LogP contribution in [-0.2, 0) is 23.7 Å². The van der Waals surface area contributed by atoms with Crippen molar-refractivity contribution in [2.24, 2.45) is 5.73 Å². The van der Waals surface area contributed by atoms with Crippen LogP contribution in [0.1, 0.15) is 6.42 Å². The van der Waals surface area contributed by atoms with E-state index in [1.807, 2.05) is 0 Å². The molecule has 0 saturated carbocycles. The predicted molar refractivity (Wildman–Crippen MR) is 70.9 cm³/mol. The van der Waals surface area contributed by atoms with Crippen LogP contribution in [0.3, 0.4) is 0 Å². The fourth-order valence-corrected chi connectivity index (χ4v) is 1.31. The summed E-state index contributed by atoms with van der Waals surface area (Å²) in [7, 11) is 1.62. The molecule has 6 nitrogen and oxygen atoms in total. The van der Waals surface area contributed by atoms with Crippen molar-refractivity contribution >= 4 is 18.6 Å². The van der Waals surface area contributed by atoms with Crippen LogP contribution in [0.2, 0.25) is 0 Å². The highest BCUT2D eigenvalue weighted by Crippen LogP contribution is 1.94. The van der Waals surface area contributed by atoms with Crippen LogP contribution in [0.5, 0.6) is 0 Å². The average Bonchev–Trinajstić information content (AvgIpc) is 2.36. The quantitative estimate of drug-likeness (QED) is 0.294. The maximum atomic E-state index is 11.3. The van der Waals surface area contributed by atoms with Gasteiger partial charge in [-0.15, -0.1) is 0 Å². The van der Waals surface area contributed by atoms with Gasteiger partial charge in [0.15, 0.2) is 0 Å². The van der Waals surface area contributed by atoms with Gasteiger partial charge in [-0.25, -0.2) is 0 Å². The first-order valence-electron chi connectivity index (χ1n) is 5.90. The number of ether oxygens (including phenoxy) is 4. The van der Waals surface area contributed by atoms with E-state index in [2.05, 4.69) is 12.6 Å². The molecule has 7 heteroatoms. The first kappa shape index (κ1) is 17.7. The van der Waals surface area contributed by atoms with Gasteiger partial charge in [0.05, 0.1) is 33.0 Å². The number of carbonyl (C=O) groups is 1. The lowest BCUT2D eigenvalue weighted by Crippen LogP contribution is -2.33. The molecule has 0 amide bonds. The van der Waals surface area contributed by atoms with E-state index in [1.165, 1.54) is 0 Å². The first-order valence-corrected chi connectivity index (χ1v) is 6.53. The summed E-state index contributed by atoms with van der Waals surface area (Å²) in [4.78, 5) is 11.3. The molecule has 0 rings (SSSR count). The maximum Gasteiger partial charge on any atom is 0.323 e. The number of rotatable bonds is 12. The Morgan fingerprint density at radius 1 is 1.11 bits per heavy atom. The van der Waals surface area contributed by atoms with Gasteiger partial charge >= 0.3 is 5.97 Å². The van der Waals surface area contributed by atoms with Crippen molar-refractivity contribution in [3.05, 3.63) is 0 Å². The van der Waals surface area contributed by atoms with Gasteiger partial charge in [-0.3, -0.25) is 4.79 Å². The molecule has 0 fully saturated rings. The van der Waals surface area contributed by atoms with Gasteiger partial charge in [0.2, 0.25) is 0 Å². The molecule has 0 aliphatic heterocycles. The normalized spacial score (nSPS) is 12.4. The van der Waals surface area contributed by atoms with Crippen molar-refractivity contribution in [1.82, 2.24) is 0 Å². The van der Waals surface area contributed by atoms with Gasteiger partial charge in [0.25, 0.3) is 0 Å². The van der Waals surface area contributed by atoms with Gasteiger partial charge in [-0.1, -0.05) is 0 Å². The Morgan fingerprint density at radius 2 is 1.67 bits per heavy atom. The van der Waals surface area contributed by atoms with E-state index in [1.54, 1.807) is 7.11 Å². The van der Waals surface area contributed by atoms with Gasteiger partial charge < -0.3 is 24.7 Å². The number of methoxy groups -OCH3 is 1. The Labute approximate surface area is 113 Å². The molecule has 0 aromatic carbocycles. The second kappa shape index (κ2) is 13.1. The van der Waals surface area contributed by atoms with E-state index in [4.69, 9.17) is 24.7 Å². The maximum absolute atomic E-state index is 11.3. The highest BCUT2D eigenvalue weighted by molar-refractivity contribution is 7.80. The lowest BCUT2D eigenvalue weighted by atomic mass is 10.2. The van der Waals surface area contributed by atoms with Gasteiger partial charge in [-0.05, 0) is 12.2 Å². The van der Waals surface area contributed by atoms with Crippen LogP contribution in [0.25, 0.3) is 0 Å². The Morgan fingerprint density at radius 3 is 2.22 bits per heavy atom. The van der Waals surface area contributed by atoms with E-state index >= 15 is 0 Å². The lowest BCUT2D eigenvalue weighted by Gasteiger charge is -2.10. The molecule has 0 heterocycles. The van der Waals surface area contributed by atoms with Crippen molar-refractivity contribution in [1.29, 1.82) is 0 Å². The molecule has 108 valence electrons. The van der Waals surface area contributed by atoms with Crippen LogP contribution in [-0.4, -0.2) is 64.5 Å². The molecule has 0 aromatic heterocycles. The van der Waals surface area contributed by atoms with Gasteiger partial charge in [0, 0.05) is 7.11 Å². The molecule has 0 saturated heterocycles. The summed E-state index contributed by atoms with van der Waals surface area (Å²) in [5.74, 6) is 0.148. The molecule has 0 radical (unpaired) electrons. The summed E-state index contributed by atoms with van der Waals surface area (Å²) in [6, 6.07) is -0.597. The van der Waals surface area contributed by atoms with Crippen LogP contribution < -0.4 is 5.73 Å². The number of hydrogen-bond acceptors (Lipinski definition) is 7. The average molecular weight is 281 g/mol. The Bertz CT molecular complexity index is 206. The van der Waals surface area contributed by atoms with Crippen molar-refractivity contribution in [2.75, 3.05) is 52.5 Å². The van der Waals surface area contributed by atoms with Gasteiger partial charge in [-0.2, -0.15) is 12.6 Å². The minimum atomic E-state index is -0.597. The Kier molecular flexibility index (Phi) is 12.9. The van der Waals surface area contributed by atoms with Crippen molar-refractivity contribution in [3.63, 3.8) is 0 Å². The molecular weight excluding hydrogens is 258 g/mol. The third-order valence-electron chi connectivity index (χ3n) is 2.02. The smallest absolute Gasteiger partial charge is 0.323 e. The Hall–Kier alpha value is -0.340. The monoisotopic (exact) mass is 281 g/mol. The molecule has 0 aliphatic carbocycles. The second-order valence-electron chi connectivity index (χ2n) is 3.50. The third-order valence-corrected chi connectivity index (χ3v) is 2.28. The summed E-state index contributed by atoms with van der Waals surface area (Å²) in [5, 5.41) is 0. The molecule has 18 heavy (non-hydrogen) atoms. The minimum Gasteiger partial charge on any atom is -0.462 e. The lowest BCUT2D eigenvalue weighted by molar-refractivity contribution is -0.146. The highest BCUT2D eigenvalue weighted by Gasteiger charge is 2.13. The number of thiol groups is 1. The van der Waals surface area contributed by atoms with E-state index in [9.17, 15) is 4.79 Å². The Balaban J connectivity index is 3.22. The van der Waals surface area contributed by atoms with Gasteiger partial charge in [0.1, 0.15) is 12.6 Å². The summed E-state index contributed by atoms with van der Waals surface area (Å²) >= 11 is 3.99. The van der Waals surface area contributed by atoms with Crippen LogP contribution in [0.4, 0.5) is 0 Å². The molecular formula is C11H23NO5S. The first-order chi connectivity index (χ1) is 8.72. The van der Waals surface area contributed by atoms with Crippen LogP contribution in [0, 0.1) is 0 Å². The zero-order valence-electron chi connectivity index (χ0n) is 10.8. The van der Waals surface area contributed by atoms with Crippen molar-refractivity contribution < 1.29 is 23.7 Å². The predicted octanol–water partition coefficient (Wildman–Crippen LogP) is -0.144. The molecule has 0 bridgehead atoms. The topological polar surface area (TPSA) is 80.0 Å².